The summed E-state index contributed by atoms with van der Waals surface area (Å²) < 4.78 is 6.20. The van der Waals surface area contributed by atoms with Gasteiger partial charge in [0, 0.05) is 28.4 Å². The van der Waals surface area contributed by atoms with Crippen LogP contribution in [-0.2, 0) is 0 Å². The van der Waals surface area contributed by atoms with Gasteiger partial charge in [-0.3, -0.25) is 0 Å². The Morgan fingerprint density at radius 3 is 1.60 bits per heavy atom. The molecule has 4 aromatic rings. The molecule has 0 bridgehead atoms. The van der Waals surface area contributed by atoms with E-state index in [4.69, 9.17) is 4.74 Å². The summed E-state index contributed by atoms with van der Waals surface area (Å²) in [6.45, 7) is 11.4. The molecule has 3 N–H and O–H groups in total. The molecule has 180 valence electrons. The van der Waals surface area contributed by atoms with E-state index < -0.39 is 0 Å². The SMILES string of the molecule is Cc1cc(O)c(C)c(Oc2cccc(N(c3cc(C)cc(O)c3C)c3cc(C)cc(O)c3C)c2)c1. The summed E-state index contributed by atoms with van der Waals surface area (Å²) >= 11 is 0. The van der Waals surface area contributed by atoms with E-state index in [1.54, 1.807) is 18.2 Å². The van der Waals surface area contributed by atoms with Crippen molar-refractivity contribution in [3.63, 3.8) is 0 Å². The molecular weight excluding hydrogens is 438 g/mol. The topological polar surface area (TPSA) is 73.2 Å². The van der Waals surface area contributed by atoms with Gasteiger partial charge in [0.25, 0.3) is 0 Å². The zero-order valence-electron chi connectivity index (χ0n) is 21.0. The number of nitrogens with zero attached hydrogens (tertiary/aromatic N) is 1. The summed E-state index contributed by atoms with van der Waals surface area (Å²) in [6, 6.07) is 18.8. The average molecular weight is 470 g/mol. The highest BCUT2D eigenvalue weighted by molar-refractivity contribution is 5.83. The smallest absolute Gasteiger partial charge is 0.134 e. The number of phenols is 3. The van der Waals surface area contributed by atoms with Crippen LogP contribution in [0.25, 0.3) is 0 Å². The second-order valence-corrected chi connectivity index (χ2v) is 9.20. The predicted octanol–water partition coefficient (Wildman–Crippen LogP) is 7.92. The Labute approximate surface area is 206 Å². The number of rotatable bonds is 5. The van der Waals surface area contributed by atoms with E-state index in [-0.39, 0.29) is 17.2 Å². The van der Waals surface area contributed by atoms with Crippen molar-refractivity contribution < 1.29 is 20.1 Å². The second-order valence-electron chi connectivity index (χ2n) is 9.20. The first kappa shape index (κ1) is 24.0. The molecule has 4 rings (SSSR count). The number of hydrogen-bond donors (Lipinski definition) is 3. The fourth-order valence-corrected chi connectivity index (χ4v) is 4.24. The third-order valence-electron chi connectivity index (χ3n) is 6.26. The lowest BCUT2D eigenvalue weighted by molar-refractivity contribution is 0.447. The molecule has 0 amide bonds. The zero-order chi connectivity index (χ0) is 25.4. The fourth-order valence-electron chi connectivity index (χ4n) is 4.24. The van der Waals surface area contributed by atoms with Gasteiger partial charge in [-0.05, 0) is 107 Å². The van der Waals surface area contributed by atoms with E-state index >= 15 is 0 Å². The molecule has 0 aliphatic carbocycles. The summed E-state index contributed by atoms with van der Waals surface area (Å²) in [5, 5.41) is 31.4. The van der Waals surface area contributed by atoms with Crippen molar-refractivity contribution in [1.82, 2.24) is 0 Å². The van der Waals surface area contributed by atoms with E-state index in [9.17, 15) is 15.3 Å². The van der Waals surface area contributed by atoms with Crippen LogP contribution in [0.3, 0.4) is 0 Å². The van der Waals surface area contributed by atoms with Crippen LogP contribution in [-0.4, -0.2) is 15.3 Å². The van der Waals surface area contributed by atoms with Crippen LogP contribution >= 0.6 is 0 Å². The molecule has 0 heterocycles. The van der Waals surface area contributed by atoms with Crippen LogP contribution in [0.5, 0.6) is 28.7 Å². The van der Waals surface area contributed by atoms with Crippen molar-refractivity contribution in [3.8, 4) is 28.7 Å². The van der Waals surface area contributed by atoms with Crippen LogP contribution in [0.1, 0.15) is 33.4 Å². The molecule has 0 fully saturated rings. The number of aryl methyl sites for hydroxylation is 3. The van der Waals surface area contributed by atoms with Crippen LogP contribution in [0.2, 0.25) is 0 Å². The van der Waals surface area contributed by atoms with E-state index in [1.165, 1.54) is 0 Å². The van der Waals surface area contributed by atoms with Crippen LogP contribution in [0.15, 0.2) is 60.7 Å². The number of benzene rings is 4. The molecule has 35 heavy (non-hydrogen) atoms. The summed E-state index contributed by atoms with van der Waals surface area (Å²) in [4.78, 5) is 2.03. The number of phenolic OH excluding ortho intramolecular Hbond substituents is 3. The monoisotopic (exact) mass is 469 g/mol. The number of aromatic hydroxyl groups is 3. The third-order valence-corrected chi connectivity index (χ3v) is 6.26. The van der Waals surface area contributed by atoms with Gasteiger partial charge in [0.1, 0.15) is 28.7 Å². The van der Waals surface area contributed by atoms with E-state index in [0.29, 0.717) is 17.1 Å². The number of anilines is 3. The van der Waals surface area contributed by atoms with Crippen LogP contribution < -0.4 is 9.64 Å². The Kier molecular flexibility index (Phi) is 6.35. The lowest BCUT2D eigenvalue weighted by Crippen LogP contribution is -2.13. The van der Waals surface area contributed by atoms with Gasteiger partial charge < -0.3 is 25.0 Å². The Bertz CT molecular complexity index is 1370. The van der Waals surface area contributed by atoms with Crippen molar-refractivity contribution in [3.05, 3.63) is 94.0 Å². The first-order valence-electron chi connectivity index (χ1n) is 11.5. The standard InChI is InChI=1S/C30H31NO4/c1-17-10-25(20(4)27(32)12-17)31(26-11-18(2)13-28(33)21(26)5)23-8-7-9-24(16-23)35-30-15-19(3)14-29(34)22(30)6/h7-16,32-34H,1-6H3. The van der Waals surface area contributed by atoms with Gasteiger partial charge in [-0.25, -0.2) is 0 Å². The van der Waals surface area contributed by atoms with Crippen LogP contribution in [0, 0.1) is 41.5 Å². The van der Waals surface area contributed by atoms with Crippen molar-refractivity contribution in [1.29, 1.82) is 0 Å². The number of hydrogen-bond acceptors (Lipinski definition) is 5. The quantitative estimate of drug-likeness (QED) is 0.277. The van der Waals surface area contributed by atoms with Gasteiger partial charge >= 0.3 is 0 Å². The zero-order valence-corrected chi connectivity index (χ0v) is 21.0. The largest absolute Gasteiger partial charge is 0.508 e. The summed E-state index contributed by atoms with van der Waals surface area (Å²) in [5.74, 6) is 1.79. The average Bonchev–Trinajstić information content (AvgIpc) is 2.78. The Morgan fingerprint density at radius 2 is 1.06 bits per heavy atom. The van der Waals surface area contributed by atoms with Gasteiger partial charge in [-0.2, -0.15) is 0 Å². The molecule has 0 spiro atoms. The van der Waals surface area contributed by atoms with Gasteiger partial charge in [0.2, 0.25) is 0 Å². The highest BCUT2D eigenvalue weighted by Gasteiger charge is 2.21. The maximum Gasteiger partial charge on any atom is 0.134 e. The predicted molar refractivity (Wildman–Crippen MR) is 141 cm³/mol. The molecule has 0 aromatic heterocycles. The Balaban J connectivity index is 1.91. The molecule has 0 radical (unpaired) electrons. The minimum Gasteiger partial charge on any atom is -0.508 e. The lowest BCUT2D eigenvalue weighted by atomic mass is 10.0. The van der Waals surface area contributed by atoms with Gasteiger partial charge in [-0.15, -0.1) is 0 Å². The highest BCUT2D eigenvalue weighted by Crippen LogP contribution is 2.44. The maximum absolute atomic E-state index is 10.6. The summed E-state index contributed by atoms with van der Waals surface area (Å²) in [6.07, 6.45) is 0. The third kappa shape index (κ3) is 4.76. The molecule has 5 heteroatoms. The van der Waals surface area contributed by atoms with Crippen molar-refractivity contribution >= 4 is 17.1 Å². The second kappa shape index (κ2) is 9.26. The first-order valence-corrected chi connectivity index (χ1v) is 11.5. The summed E-state index contributed by atoms with van der Waals surface area (Å²) in [7, 11) is 0. The highest BCUT2D eigenvalue weighted by atomic mass is 16.5. The maximum atomic E-state index is 10.6. The van der Waals surface area contributed by atoms with Crippen molar-refractivity contribution in [2.24, 2.45) is 0 Å². The van der Waals surface area contributed by atoms with E-state index in [0.717, 1.165) is 44.9 Å². The fraction of sp³-hybridized carbons (Fsp3) is 0.200. The summed E-state index contributed by atoms with van der Waals surface area (Å²) in [5.41, 5.74) is 7.26. The minimum atomic E-state index is 0.189. The van der Waals surface area contributed by atoms with Gasteiger partial charge in [0.05, 0.1) is 11.4 Å². The van der Waals surface area contributed by atoms with E-state index in [2.05, 4.69) is 0 Å². The Hall–Kier alpha value is -4.12. The van der Waals surface area contributed by atoms with E-state index in [1.807, 2.05) is 88.9 Å². The normalized spacial score (nSPS) is 10.9. The molecular formula is C30H31NO4. The van der Waals surface area contributed by atoms with Crippen LogP contribution in [0.4, 0.5) is 17.1 Å². The Morgan fingerprint density at radius 1 is 0.571 bits per heavy atom. The van der Waals surface area contributed by atoms with Gasteiger partial charge in [0.15, 0.2) is 0 Å². The molecule has 0 saturated carbocycles. The molecule has 0 atom stereocenters. The molecule has 0 aliphatic rings. The molecule has 0 aliphatic heterocycles. The van der Waals surface area contributed by atoms with Gasteiger partial charge in [-0.1, -0.05) is 6.07 Å². The lowest BCUT2D eigenvalue weighted by Gasteiger charge is -2.30. The number of ether oxygens (including phenoxy) is 1. The first-order chi connectivity index (χ1) is 16.5. The molecule has 0 saturated heterocycles. The molecule has 0 unspecified atom stereocenters. The molecule has 5 nitrogen and oxygen atoms in total. The molecule has 4 aromatic carbocycles. The minimum absolute atomic E-state index is 0.189. The van der Waals surface area contributed by atoms with Crippen molar-refractivity contribution in [2.45, 2.75) is 41.5 Å². The van der Waals surface area contributed by atoms with Crippen molar-refractivity contribution in [2.75, 3.05) is 4.90 Å².